The maximum absolute atomic E-state index is 13.2. The molecule has 2 unspecified atom stereocenters. The van der Waals surface area contributed by atoms with E-state index in [1.807, 2.05) is 32.1 Å². The third kappa shape index (κ3) is 5.57. The molecule has 5 rings (SSSR count). The average molecular weight is 549 g/mol. The third-order valence-corrected chi connectivity index (χ3v) is 8.53. The van der Waals surface area contributed by atoms with Gasteiger partial charge in [0.15, 0.2) is 5.72 Å². The van der Waals surface area contributed by atoms with Crippen molar-refractivity contribution in [3.8, 4) is 5.75 Å². The molecule has 3 heterocycles. The largest absolute Gasteiger partial charge is 0.495 e. The highest BCUT2D eigenvalue weighted by Crippen LogP contribution is 2.52. The van der Waals surface area contributed by atoms with Gasteiger partial charge in [0.05, 0.1) is 25.3 Å². The van der Waals surface area contributed by atoms with E-state index < -0.39 is 35.5 Å². The van der Waals surface area contributed by atoms with Gasteiger partial charge >= 0.3 is 6.09 Å². The Morgan fingerprint density at radius 1 is 1.21 bits per heavy atom. The first-order valence-electron chi connectivity index (χ1n) is 12.8. The number of fused-ring (bicyclic) bond motifs is 6. The van der Waals surface area contributed by atoms with Crippen LogP contribution in [0.15, 0.2) is 35.9 Å². The van der Waals surface area contributed by atoms with E-state index in [0.717, 1.165) is 11.1 Å². The molecular weight excluding hydrogens is 512 g/mol. The number of nitrogens with zero attached hydrogens (tertiary/aromatic N) is 1. The van der Waals surface area contributed by atoms with Gasteiger partial charge in [-0.15, -0.1) is 0 Å². The van der Waals surface area contributed by atoms with Gasteiger partial charge in [-0.25, -0.2) is 4.79 Å². The lowest BCUT2D eigenvalue weighted by Gasteiger charge is -2.53. The van der Waals surface area contributed by atoms with E-state index in [1.54, 1.807) is 19.2 Å². The summed E-state index contributed by atoms with van der Waals surface area (Å²) in [5.74, 6) is 0.107. The van der Waals surface area contributed by atoms with Crippen LogP contribution in [0.25, 0.3) is 0 Å². The zero-order valence-electron chi connectivity index (χ0n) is 22.5. The second kappa shape index (κ2) is 10.9. The minimum Gasteiger partial charge on any atom is -0.495 e. The van der Waals surface area contributed by atoms with Gasteiger partial charge in [0, 0.05) is 20.6 Å². The van der Waals surface area contributed by atoms with Crippen LogP contribution in [-0.2, 0) is 20.7 Å². The van der Waals surface area contributed by atoms with Crippen molar-refractivity contribution < 1.29 is 34.0 Å². The molecule has 0 radical (unpaired) electrons. The maximum atomic E-state index is 13.2. The minimum absolute atomic E-state index is 0.0684. The molecule has 208 valence electrons. The second-order valence-corrected chi connectivity index (χ2v) is 11.4. The van der Waals surface area contributed by atoms with E-state index in [2.05, 4.69) is 5.32 Å². The highest BCUT2D eigenvalue weighted by molar-refractivity contribution is 6.35. The van der Waals surface area contributed by atoms with Crippen molar-refractivity contribution in [1.29, 1.82) is 0 Å². The lowest BCUT2D eigenvalue weighted by molar-refractivity contribution is -0.167. The fourth-order valence-electron chi connectivity index (χ4n) is 5.82. The number of methoxy groups -OCH3 is 2. The Morgan fingerprint density at radius 3 is 2.58 bits per heavy atom. The molecule has 2 fully saturated rings. The topological polar surface area (TPSA) is 118 Å². The van der Waals surface area contributed by atoms with E-state index >= 15 is 0 Å². The number of ether oxygens (including phenoxy) is 3. The van der Waals surface area contributed by atoms with Gasteiger partial charge in [-0.3, -0.25) is 10.1 Å². The molecule has 9 nitrogen and oxygen atoms in total. The van der Waals surface area contributed by atoms with E-state index in [4.69, 9.17) is 25.8 Å². The van der Waals surface area contributed by atoms with Gasteiger partial charge in [0.1, 0.15) is 23.0 Å². The molecule has 38 heavy (non-hydrogen) atoms. The number of aliphatic hydroxyl groups is 2. The molecular formula is C28H37ClN2O7. The van der Waals surface area contributed by atoms with Crippen LogP contribution in [0.3, 0.4) is 0 Å². The number of benzene rings is 1. The number of anilines is 1. The summed E-state index contributed by atoms with van der Waals surface area (Å²) in [6.07, 6.45) is 4.07. The number of amides is 2. The molecule has 4 aliphatic rings. The number of allylic oxidation sites excluding steroid dienone is 3. The monoisotopic (exact) mass is 548 g/mol. The smallest absolute Gasteiger partial charge is 0.409 e. The SMILES string of the molecule is COc1cc2cc(c1Cl)N(C)C(=O)CC(O)C1(C)CC(C1)[C@@H]1C[C@@](O)(NC(=O)O1)C(OC)/C=C/C=C(\C)C2. The van der Waals surface area contributed by atoms with Gasteiger partial charge in [0.2, 0.25) is 5.91 Å². The van der Waals surface area contributed by atoms with Crippen molar-refractivity contribution in [2.45, 2.75) is 70.0 Å². The van der Waals surface area contributed by atoms with Crippen molar-refractivity contribution in [2.75, 3.05) is 26.2 Å². The molecule has 3 N–H and O–H groups in total. The maximum Gasteiger partial charge on any atom is 0.409 e. The number of hydrogen-bond donors (Lipinski definition) is 3. The number of hydrogen-bond acceptors (Lipinski definition) is 7. The summed E-state index contributed by atoms with van der Waals surface area (Å²) in [6, 6.07) is 3.68. The van der Waals surface area contributed by atoms with Crippen LogP contribution >= 0.6 is 11.6 Å². The van der Waals surface area contributed by atoms with Gasteiger partial charge in [-0.1, -0.05) is 42.3 Å². The lowest BCUT2D eigenvalue weighted by atomic mass is 9.57. The van der Waals surface area contributed by atoms with E-state index in [-0.39, 0.29) is 24.7 Å². The molecule has 6 bridgehead atoms. The predicted octanol–water partition coefficient (Wildman–Crippen LogP) is 3.74. The first-order valence-corrected chi connectivity index (χ1v) is 13.2. The standard InChI is InChI=1S/C28H37ClN2O7/c1-16-7-6-8-23(37-5)28(35)15-21(38-26(34)30-28)18-13-27(2,14-18)22(32)12-24(33)31(3)19-10-17(9-16)11-20(36-4)25(19)29/h6-8,10-11,18,21-23,32,35H,9,12-15H2,1-5H3,(H,30,34)/b8-6+,16-7+/t18?,21-,22?,23?,27?,28-/m0/s1. The summed E-state index contributed by atoms with van der Waals surface area (Å²) in [5, 5.41) is 25.3. The van der Waals surface area contributed by atoms with Gasteiger partial charge in [0.25, 0.3) is 0 Å². The van der Waals surface area contributed by atoms with Crippen LogP contribution in [0, 0.1) is 11.3 Å². The van der Waals surface area contributed by atoms with Crippen LogP contribution in [0.1, 0.15) is 45.1 Å². The lowest BCUT2D eigenvalue weighted by Crippen LogP contribution is -2.64. The molecule has 1 aromatic rings. The van der Waals surface area contributed by atoms with Crippen molar-refractivity contribution in [3.05, 3.63) is 46.5 Å². The summed E-state index contributed by atoms with van der Waals surface area (Å²) < 4.78 is 16.6. The zero-order valence-corrected chi connectivity index (χ0v) is 23.2. The Hall–Kier alpha value is -2.59. The molecule has 1 saturated heterocycles. The number of carbonyl (C=O) groups is 2. The molecule has 10 heteroatoms. The highest BCUT2D eigenvalue weighted by Gasteiger charge is 2.54. The van der Waals surface area contributed by atoms with Crippen molar-refractivity contribution in [2.24, 2.45) is 11.3 Å². The van der Waals surface area contributed by atoms with E-state index in [1.165, 1.54) is 19.1 Å². The number of nitrogens with one attached hydrogen (secondary N) is 1. The molecule has 0 aromatic heterocycles. The Morgan fingerprint density at radius 2 is 1.92 bits per heavy atom. The fraction of sp³-hybridized carbons (Fsp3) is 0.571. The zero-order chi connectivity index (χ0) is 27.8. The van der Waals surface area contributed by atoms with Crippen molar-refractivity contribution >= 4 is 29.3 Å². The van der Waals surface area contributed by atoms with Crippen LogP contribution < -0.4 is 15.0 Å². The normalized spacial score (nSPS) is 36.3. The minimum atomic E-state index is -1.66. The molecule has 1 saturated carbocycles. The summed E-state index contributed by atoms with van der Waals surface area (Å²) >= 11 is 6.58. The third-order valence-electron chi connectivity index (χ3n) is 8.15. The van der Waals surface area contributed by atoms with Crippen molar-refractivity contribution in [3.63, 3.8) is 0 Å². The van der Waals surface area contributed by atoms with Crippen LogP contribution in [0.5, 0.6) is 5.75 Å². The molecule has 3 aliphatic heterocycles. The first-order chi connectivity index (χ1) is 17.9. The Kier molecular flexibility index (Phi) is 8.14. The molecule has 1 aliphatic carbocycles. The number of alkyl carbamates (subject to hydrolysis) is 1. The fourth-order valence-corrected chi connectivity index (χ4v) is 6.13. The summed E-state index contributed by atoms with van der Waals surface area (Å²) in [4.78, 5) is 27.1. The Labute approximate surface area is 228 Å². The van der Waals surface area contributed by atoms with Crippen LogP contribution in [0.4, 0.5) is 10.5 Å². The highest BCUT2D eigenvalue weighted by atomic mass is 35.5. The Balaban J connectivity index is 1.72. The Bertz CT molecular complexity index is 1150. The molecule has 2 amide bonds. The molecule has 1 aromatic carbocycles. The number of carbonyl (C=O) groups excluding carboxylic acids is 2. The number of halogens is 1. The van der Waals surface area contributed by atoms with Gasteiger partial charge in [-0.2, -0.15) is 0 Å². The summed E-state index contributed by atoms with van der Waals surface area (Å²) in [7, 11) is 4.64. The molecule has 4 atom stereocenters. The van der Waals surface area contributed by atoms with Crippen molar-refractivity contribution in [1.82, 2.24) is 5.32 Å². The average Bonchev–Trinajstić information content (AvgIpc) is 2.83. The number of rotatable bonds is 2. The summed E-state index contributed by atoms with van der Waals surface area (Å²) in [6.45, 7) is 3.88. The van der Waals surface area contributed by atoms with Gasteiger partial charge in [-0.05, 0) is 55.2 Å². The quantitative estimate of drug-likeness (QED) is 0.515. The van der Waals surface area contributed by atoms with Crippen LogP contribution in [-0.4, -0.2) is 67.5 Å². The second-order valence-electron chi connectivity index (χ2n) is 11.1. The summed E-state index contributed by atoms with van der Waals surface area (Å²) in [5.41, 5.74) is 0.187. The van der Waals surface area contributed by atoms with E-state index in [9.17, 15) is 19.8 Å². The van der Waals surface area contributed by atoms with Gasteiger partial charge < -0.3 is 29.3 Å². The molecule has 0 spiro atoms. The van der Waals surface area contributed by atoms with Crippen LogP contribution in [0.2, 0.25) is 5.02 Å². The first kappa shape index (κ1) is 28.4. The predicted molar refractivity (Wildman–Crippen MR) is 143 cm³/mol. The van der Waals surface area contributed by atoms with E-state index in [0.29, 0.717) is 35.7 Å². The number of aliphatic hydroxyl groups excluding tert-OH is 1.